The molecule has 1 aliphatic rings. The fourth-order valence-electron chi connectivity index (χ4n) is 4.73. The molecule has 188 valence electrons. The summed E-state index contributed by atoms with van der Waals surface area (Å²) in [6.07, 6.45) is -0.686. The number of halogens is 4. The van der Waals surface area contributed by atoms with Gasteiger partial charge in [0.25, 0.3) is 0 Å². The number of hydrogen-bond acceptors (Lipinski definition) is 2. The van der Waals surface area contributed by atoms with Crippen molar-refractivity contribution in [2.75, 3.05) is 0 Å². The smallest absolute Gasteiger partial charge is 0.416 e. The second-order valence-corrected chi connectivity index (χ2v) is 9.56. The predicted molar refractivity (Wildman–Crippen MR) is 133 cm³/mol. The average molecular weight is 514 g/mol. The predicted octanol–water partition coefficient (Wildman–Crippen LogP) is 7.69. The van der Waals surface area contributed by atoms with Crippen molar-refractivity contribution in [2.45, 2.75) is 57.3 Å². The fourth-order valence-corrected chi connectivity index (χ4v) is 4.96. The van der Waals surface area contributed by atoms with Crippen LogP contribution in [0.2, 0.25) is 5.02 Å². The van der Waals surface area contributed by atoms with Gasteiger partial charge in [-0.25, -0.2) is 0 Å². The van der Waals surface area contributed by atoms with Crippen molar-refractivity contribution in [3.8, 4) is 5.75 Å². The van der Waals surface area contributed by atoms with Crippen LogP contribution in [0, 0.1) is 18.1 Å². The van der Waals surface area contributed by atoms with Gasteiger partial charge in [-0.3, -0.25) is 4.79 Å². The third-order valence-corrected chi connectivity index (χ3v) is 6.93. The molecule has 1 saturated carbocycles. The first kappa shape index (κ1) is 25.9. The van der Waals surface area contributed by atoms with E-state index in [4.69, 9.17) is 16.3 Å². The standard InChI is InChI=1S/C29H27ClF3NO2/c1-19(21-9-3-2-4-10-21)34-28(35)25-13-6-5-12-24(25)22-11-7-8-20(16-22)18-36-27-15-14-23(17-26(27)30)29(31,32)33/h2-3,7-9,11,14-17,19,24-25H,5-6,12-13,18H2,1H3,(H,34,35)/t19-,24?,25?/m0/s1. The molecule has 1 aliphatic carbocycles. The molecule has 0 aliphatic heterocycles. The van der Waals surface area contributed by atoms with E-state index in [9.17, 15) is 18.0 Å². The molecule has 1 fully saturated rings. The quantitative estimate of drug-likeness (QED) is 0.351. The van der Waals surface area contributed by atoms with Gasteiger partial charge in [0.2, 0.25) is 5.91 Å². The van der Waals surface area contributed by atoms with E-state index in [0.717, 1.165) is 54.5 Å². The van der Waals surface area contributed by atoms with Gasteiger partial charge >= 0.3 is 6.18 Å². The van der Waals surface area contributed by atoms with Crippen LogP contribution >= 0.6 is 11.6 Å². The minimum absolute atomic E-state index is 0.0302. The van der Waals surface area contributed by atoms with E-state index in [-0.39, 0.29) is 41.2 Å². The minimum atomic E-state index is -4.46. The molecule has 0 bridgehead atoms. The Hall–Kier alpha value is -3.17. The highest BCUT2D eigenvalue weighted by molar-refractivity contribution is 6.32. The topological polar surface area (TPSA) is 38.3 Å². The molecule has 36 heavy (non-hydrogen) atoms. The Morgan fingerprint density at radius 1 is 1.14 bits per heavy atom. The van der Waals surface area contributed by atoms with Gasteiger partial charge in [-0.2, -0.15) is 13.2 Å². The fraction of sp³-hybridized carbons (Fsp3) is 0.345. The van der Waals surface area contributed by atoms with Crippen LogP contribution in [-0.4, -0.2) is 5.91 Å². The van der Waals surface area contributed by atoms with Gasteiger partial charge in [-0.1, -0.05) is 66.9 Å². The third kappa shape index (κ3) is 6.33. The molecule has 4 rings (SSSR count). The van der Waals surface area contributed by atoms with E-state index in [1.54, 1.807) is 6.07 Å². The molecule has 0 saturated heterocycles. The molecule has 3 aromatic rings. The van der Waals surface area contributed by atoms with E-state index in [1.807, 2.05) is 43.3 Å². The molecule has 0 spiro atoms. The number of ether oxygens (including phenoxy) is 1. The summed E-state index contributed by atoms with van der Waals surface area (Å²) < 4.78 is 44.4. The van der Waals surface area contributed by atoms with Crippen molar-refractivity contribution >= 4 is 17.5 Å². The Balaban J connectivity index is 1.44. The summed E-state index contributed by atoms with van der Waals surface area (Å²) in [7, 11) is 0. The number of carbonyl (C=O) groups excluding carboxylic acids is 1. The van der Waals surface area contributed by atoms with Crippen LogP contribution < -0.4 is 10.1 Å². The van der Waals surface area contributed by atoms with Crippen molar-refractivity contribution in [3.63, 3.8) is 0 Å². The Bertz CT molecular complexity index is 1180. The number of rotatable bonds is 7. The van der Waals surface area contributed by atoms with Crippen LogP contribution in [-0.2, 0) is 17.6 Å². The number of benzene rings is 2. The van der Waals surface area contributed by atoms with Crippen molar-refractivity contribution in [2.24, 2.45) is 5.92 Å². The lowest BCUT2D eigenvalue weighted by Crippen LogP contribution is -2.37. The third-order valence-electron chi connectivity index (χ3n) is 6.63. The maximum absolute atomic E-state index is 13.2. The lowest BCUT2D eigenvalue weighted by molar-refractivity contribution is -0.137. The second kappa shape index (κ2) is 11.3. The zero-order valence-corrected chi connectivity index (χ0v) is 20.6. The molecular formula is C29H27ClF3NO2. The molecule has 2 unspecified atom stereocenters. The van der Waals surface area contributed by atoms with E-state index >= 15 is 0 Å². The number of amides is 1. The molecular weight excluding hydrogens is 487 g/mol. The average Bonchev–Trinajstić information content (AvgIpc) is 2.88. The van der Waals surface area contributed by atoms with Gasteiger partial charge in [-0.05, 0) is 67.1 Å². The van der Waals surface area contributed by atoms with Crippen LogP contribution in [0.25, 0.3) is 0 Å². The van der Waals surface area contributed by atoms with Crippen molar-refractivity contribution < 1.29 is 22.7 Å². The number of nitrogens with one attached hydrogen (secondary N) is 1. The highest BCUT2D eigenvalue weighted by Gasteiger charge is 2.33. The van der Waals surface area contributed by atoms with Crippen LogP contribution in [0.15, 0.2) is 60.7 Å². The Labute approximate surface area is 214 Å². The van der Waals surface area contributed by atoms with Crippen LogP contribution in [0.5, 0.6) is 5.75 Å². The van der Waals surface area contributed by atoms with Gasteiger partial charge in [0.15, 0.2) is 0 Å². The molecule has 3 atom stereocenters. The first-order chi connectivity index (χ1) is 17.2. The number of carbonyl (C=O) groups is 1. The molecule has 1 N–H and O–H groups in total. The Morgan fingerprint density at radius 3 is 2.67 bits per heavy atom. The molecule has 7 heteroatoms. The lowest BCUT2D eigenvalue weighted by Gasteiger charge is -2.32. The summed E-state index contributed by atoms with van der Waals surface area (Å²) in [6, 6.07) is 22.3. The molecule has 3 nitrogen and oxygen atoms in total. The summed E-state index contributed by atoms with van der Waals surface area (Å²) in [5.41, 5.74) is 1.98. The van der Waals surface area contributed by atoms with Crippen LogP contribution in [0.1, 0.15) is 66.8 Å². The highest BCUT2D eigenvalue weighted by Crippen LogP contribution is 2.39. The number of hydrogen-bond donors (Lipinski definition) is 1. The Kier molecular flexibility index (Phi) is 8.11. The normalized spacial score (nSPS) is 18.7. The van der Waals surface area contributed by atoms with E-state index in [1.165, 1.54) is 6.07 Å². The zero-order valence-electron chi connectivity index (χ0n) is 19.9. The summed E-state index contributed by atoms with van der Waals surface area (Å²) in [5, 5.41) is 3.05. The Morgan fingerprint density at radius 2 is 1.94 bits per heavy atom. The molecule has 0 aromatic heterocycles. The maximum Gasteiger partial charge on any atom is 0.416 e. The van der Waals surface area contributed by atoms with Gasteiger partial charge < -0.3 is 10.1 Å². The van der Waals surface area contributed by atoms with Gasteiger partial charge in [0, 0.05) is 11.5 Å². The first-order valence-corrected chi connectivity index (χ1v) is 12.4. The summed E-state index contributed by atoms with van der Waals surface area (Å²) >= 11 is 6.02. The van der Waals surface area contributed by atoms with E-state index in [0.29, 0.717) is 0 Å². The van der Waals surface area contributed by atoms with E-state index < -0.39 is 11.7 Å². The van der Waals surface area contributed by atoms with Crippen molar-refractivity contribution in [3.05, 3.63) is 100 Å². The van der Waals surface area contributed by atoms with Crippen LogP contribution in [0.3, 0.4) is 0 Å². The lowest BCUT2D eigenvalue weighted by atomic mass is 9.74. The highest BCUT2D eigenvalue weighted by atomic mass is 35.5. The van der Waals surface area contributed by atoms with E-state index in [2.05, 4.69) is 17.4 Å². The first-order valence-electron chi connectivity index (χ1n) is 12.0. The minimum Gasteiger partial charge on any atom is -0.487 e. The maximum atomic E-state index is 13.2. The largest absolute Gasteiger partial charge is 0.487 e. The molecule has 1 amide bonds. The van der Waals surface area contributed by atoms with Crippen molar-refractivity contribution in [1.29, 1.82) is 0 Å². The SMILES string of the molecule is C[C@H](NC(=O)C1CCCCC1c1cccc(COc2ccc(C(F)(F)F)cc2Cl)c1)c1c#cccc1. The van der Waals surface area contributed by atoms with Crippen molar-refractivity contribution in [1.82, 2.24) is 5.32 Å². The summed E-state index contributed by atoms with van der Waals surface area (Å²) in [5.74, 6) is 0.151. The zero-order chi connectivity index (χ0) is 25.7. The summed E-state index contributed by atoms with van der Waals surface area (Å²) in [4.78, 5) is 13.2. The van der Waals surface area contributed by atoms with Crippen LogP contribution in [0.4, 0.5) is 13.2 Å². The van der Waals surface area contributed by atoms with Gasteiger partial charge in [0.1, 0.15) is 12.4 Å². The molecule has 0 heterocycles. The summed E-state index contributed by atoms with van der Waals surface area (Å²) in [6.45, 7) is 2.10. The monoisotopic (exact) mass is 513 g/mol. The molecule has 0 radical (unpaired) electrons. The second-order valence-electron chi connectivity index (χ2n) is 9.15. The van der Waals surface area contributed by atoms with Gasteiger partial charge in [-0.15, -0.1) is 0 Å². The number of alkyl halides is 3. The van der Waals surface area contributed by atoms with Gasteiger partial charge in [0.05, 0.1) is 16.6 Å². The molecule has 3 aromatic carbocycles.